The molecule has 24 heavy (non-hydrogen) atoms. The molecule has 3 aromatic rings. The van der Waals surface area contributed by atoms with Crippen LogP contribution in [-0.2, 0) is 20.1 Å². The van der Waals surface area contributed by atoms with Crippen molar-refractivity contribution in [1.29, 1.82) is 0 Å². The van der Waals surface area contributed by atoms with Gasteiger partial charge in [0.25, 0.3) is 0 Å². The number of benzene rings is 1. The molecule has 3 rings (SSSR count). The summed E-state index contributed by atoms with van der Waals surface area (Å²) >= 11 is 0. The first-order chi connectivity index (χ1) is 11.5. The highest BCUT2D eigenvalue weighted by Gasteiger charge is 2.15. The smallest absolute Gasteiger partial charge is 0.151 e. The van der Waals surface area contributed by atoms with Crippen molar-refractivity contribution in [2.75, 3.05) is 0 Å². The molecule has 0 aliphatic rings. The summed E-state index contributed by atoms with van der Waals surface area (Å²) < 4.78 is 30.4. The van der Waals surface area contributed by atoms with Crippen molar-refractivity contribution in [3.05, 3.63) is 64.7 Å². The lowest BCUT2D eigenvalue weighted by Gasteiger charge is -2.07. The van der Waals surface area contributed by atoms with Crippen LogP contribution in [0.3, 0.4) is 0 Å². The molecule has 0 unspecified atom stereocenters. The van der Waals surface area contributed by atoms with E-state index in [4.69, 9.17) is 0 Å². The van der Waals surface area contributed by atoms with Crippen LogP contribution in [0.1, 0.15) is 22.5 Å². The maximum Gasteiger partial charge on any atom is 0.151 e. The third kappa shape index (κ3) is 3.21. The Morgan fingerprint density at radius 3 is 2.62 bits per heavy atom. The normalized spacial score (nSPS) is 11.2. The summed E-state index contributed by atoms with van der Waals surface area (Å²) in [6, 6.07) is 3.50. The minimum atomic E-state index is -0.629. The highest BCUT2D eigenvalue weighted by Crippen LogP contribution is 2.20. The van der Waals surface area contributed by atoms with Crippen LogP contribution in [0.5, 0.6) is 0 Å². The zero-order valence-electron chi connectivity index (χ0n) is 13.8. The summed E-state index contributed by atoms with van der Waals surface area (Å²) in [5.74, 6) is -1.23. The summed E-state index contributed by atoms with van der Waals surface area (Å²) in [6.07, 6.45) is 3.76. The monoisotopic (exact) mass is 331 g/mol. The van der Waals surface area contributed by atoms with Crippen LogP contribution in [-0.4, -0.2) is 19.6 Å². The third-order valence-corrected chi connectivity index (χ3v) is 3.97. The molecule has 5 nitrogen and oxygen atoms in total. The number of nitrogens with one attached hydrogen (secondary N) is 1. The van der Waals surface area contributed by atoms with Crippen LogP contribution in [0.2, 0.25) is 0 Å². The molecular formula is C17H19F2N5. The maximum absolute atomic E-state index is 14.0. The molecule has 7 heteroatoms. The summed E-state index contributed by atoms with van der Waals surface area (Å²) in [4.78, 5) is 0. The van der Waals surface area contributed by atoms with Gasteiger partial charge in [-0.25, -0.2) is 13.5 Å². The molecule has 0 saturated heterocycles. The lowest BCUT2D eigenvalue weighted by molar-refractivity contribution is 0.572. The standard InChI is InChI=1S/C17H19F2N5/c1-11-15(9-20-7-13-8-21-23(3)10-13)12(2)24(22-11)17-5-4-14(18)6-16(17)19/h4-6,8,10,20H,7,9H2,1-3H3. The van der Waals surface area contributed by atoms with Gasteiger partial charge in [0.05, 0.1) is 11.9 Å². The molecule has 0 fully saturated rings. The SMILES string of the molecule is Cc1nn(-c2ccc(F)cc2F)c(C)c1CNCc1cnn(C)c1. The molecule has 0 aliphatic heterocycles. The Hall–Kier alpha value is -2.54. The third-order valence-electron chi connectivity index (χ3n) is 3.97. The number of aryl methyl sites for hydroxylation is 2. The fourth-order valence-corrected chi connectivity index (χ4v) is 2.71. The fraction of sp³-hybridized carbons (Fsp3) is 0.294. The summed E-state index contributed by atoms with van der Waals surface area (Å²) in [6.45, 7) is 5.05. The van der Waals surface area contributed by atoms with Gasteiger partial charge < -0.3 is 5.32 Å². The topological polar surface area (TPSA) is 47.7 Å². The first-order valence-electron chi connectivity index (χ1n) is 7.64. The molecule has 126 valence electrons. The van der Waals surface area contributed by atoms with E-state index in [9.17, 15) is 8.78 Å². The Morgan fingerprint density at radius 1 is 1.17 bits per heavy atom. The minimum Gasteiger partial charge on any atom is -0.308 e. The molecule has 0 spiro atoms. The first-order valence-corrected chi connectivity index (χ1v) is 7.64. The van der Waals surface area contributed by atoms with Crippen LogP contribution < -0.4 is 5.32 Å². The average Bonchev–Trinajstić information content (AvgIpc) is 3.05. The van der Waals surface area contributed by atoms with Crippen molar-refractivity contribution in [2.24, 2.45) is 7.05 Å². The van der Waals surface area contributed by atoms with Gasteiger partial charge in [-0.1, -0.05) is 0 Å². The maximum atomic E-state index is 14.0. The lowest BCUT2D eigenvalue weighted by Crippen LogP contribution is -2.13. The average molecular weight is 331 g/mol. The second-order valence-corrected chi connectivity index (χ2v) is 5.78. The van der Waals surface area contributed by atoms with Crippen molar-refractivity contribution in [1.82, 2.24) is 24.9 Å². The summed E-state index contributed by atoms with van der Waals surface area (Å²) in [7, 11) is 1.87. The zero-order valence-corrected chi connectivity index (χ0v) is 13.8. The molecule has 0 radical (unpaired) electrons. The molecule has 2 heterocycles. The van der Waals surface area contributed by atoms with Crippen molar-refractivity contribution in [3.63, 3.8) is 0 Å². The predicted molar refractivity (Wildman–Crippen MR) is 86.7 cm³/mol. The Labute approximate surface area is 138 Å². The molecule has 1 aromatic carbocycles. The fourth-order valence-electron chi connectivity index (χ4n) is 2.71. The summed E-state index contributed by atoms with van der Waals surface area (Å²) in [5, 5.41) is 11.9. The van der Waals surface area contributed by atoms with Gasteiger partial charge in [0.15, 0.2) is 5.82 Å². The van der Waals surface area contributed by atoms with E-state index in [-0.39, 0.29) is 5.69 Å². The molecule has 0 amide bonds. The van der Waals surface area contributed by atoms with Crippen molar-refractivity contribution < 1.29 is 8.78 Å². The molecular weight excluding hydrogens is 312 g/mol. The van der Waals surface area contributed by atoms with Crippen LogP contribution in [0.4, 0.5) is 8.78 Å². The van der Waals surface area contributed by atoms with E-state index >= 15 is 0 Å². The van der Waals surface area contributed by atoms with E-state index in [1.165, 1.54) is 16.8 Å². The molecule has 0 atom stereocenters. The van der Waals surface area contributed by atoms with E-state index in [0.29, 0.717) is 13.1 Å². The number of nitrogens with zero attached hydrogens (tertiary/aromatic N) is 4. The number of aromatic nitrogens is 4. The van der Waals surface area contributed by atoms with Gasteiger partial charge in [-0.2, -0.15) is 10.2 Å². The Morgan fingerprint density at radius 2 is 1.96 bits per heavy atom. The van der Waals surface area contributed by atoms with Crippen molar-refractivity contribution in [3.8, 4) is 5.69 Å². The molecule has 1 N–H and O–H groups in total. The van der Waals surface area contributed by atoms with Crippen LogP contribution in [0, 0.1) is 25.5 Å². The predicted octanol–water partition coefficient (Wildman–Crippen LogP) is 2.79. The Kier molecular flexibility index (Phi) is 4.44. The number of halogens is 2. The number of hydrogen-bond acceptors (Lipinski definition) is 3. The molecule has 0 bridgehead atoms. The van der Waals surface area contributed by atoms with E-state index in [1.54, 1.807) is 4.68 Å². The first kappa shape index (κ1) is 16.3. The van der Waals surface area contributed by atoms with Crippen molar-refractivity contribution >= 4 is 0 Å². The highest BCUT2D eigenvalue weighted by atomic mass is 19.1. The Bertz CT molecular complexity index is 866. The van der Waals surface area contributed by atoms with E-state index in [0.717, 1.165) is 28.6 Å². The number of rotatable bonds is 5. The lowest BCUT2D eigenvalue weighted by atomic mass is 10.2. The Balaban J connectivity index is 1.78. The number of hydrogen-bond donors (Lipinski definition) is 1. The largest absolute Gasteiger partial charge is 0.308 e. The van der Waals surface area contributed by atoms with Crippen LogP contribution in [0.25, 0.3) is 5.69 Å². The van der Waals surface area contributed by atoms with Gasteiger partial charge in [0.2, 0.25) is 0 Å². The molecule has 2 aromatic heterocycles. The van der Waals surface area contributed by atoms with Gasteiger partial charge in [0.1, 0.15) is 11.5 Å². The van der Waals surface area contributed by atoms with Crippen LogP contribution >= 0.6 is 0 Å². The zero-order chi connectivity index (χ0) is 17.3. The van der Waals surface area contributed by atoms with Gasteiger partial charge in [0, 0.05) is 49.2 Å². The summed E-state index contributed by atoms with van der Waals surface area (Å²) in [5.41, 5.74) is 3.98. The molecule has 0 aliphatic carbocycles. The molecule has 0 saturated carbocycles. The van der Waals surface area contributed by atoms with Gasteiger partial charge in [-0.05, 0) is 26.0 Å². The van der Waals surface area contributed by atoms with E-state index < -0.39 is 11.6 Å². The van der Waals surface area contributed by atoms with E-state index in [1.807, 2.05) is 33.3 Å². The van der Waals surface area contributed by atoms with Crippen LogP contribution in [0.15, 0.2) is 30.6 Å². The minimum absolute atomic E-state index is 0.246. The van der Waals surface area contributed by atoms with Gasteiger partial charge >= 0.3 is 0 Å². The highest BCUT2D eigenvalue weighted by molar-refractivity contribution is 5.38. The van der Waals surface area contributed by atoms with E-state index in [2.05, 4.69) is 15.5 Å². The van der Waals surface area contributed by atoms with Gasteiger partial charge in [-0.15, -0.1) is 0 Å². The van der Waals surface area contributed by atoms with Crippen molar-refractivity contribution in [2.45, 2.75) is 26.9 Å². The quantitative estimate of drug-likeness (QED) is 0.782. The van der Waals surface area contributed by atoms with Gasteiger partial charge in [-0.3, -0.25) is 4.68 Å². The second kappa shape index (κ2) is 6.52. The second-order valence-electron chi connectivity index (χ2n) is 5.78.